The summed E-state index contributed by atoms with van der Waals surface area (Å²) in [5, 5.41) is 5.63. The SMILES string of the molecule is COc1cc(C(=O)NNC(=O)C2=NN(c3ccccc3)C(C(N)=O)C2)ccc1OC(C)C. The second kappa shape index (κ2) is 9.82. The van der Waals surface area contributed by atoms with E-state index in [1.54, 1.807) is 36.4 Å². The summed E-state index contributed by atoms with van der Waals surface area (Å²) in [6, 6.07) is 12.8. The van der Waals surface area contributed by atoms with E-state index in [9.17, 15) is 14.4 Å². The lowest BCUT2D eigenvalue weighted by Gasteiger charge is -2.20. The van der Waals surface area contributed by atoms with E-state index >= 15 is 0 Å². The lowest BCUT2D eigenvalue weighted by Crippen LogP contribution is -2.45. The third-order valence-electron chi connectivity index (χ3n) is 4.60. The lowest BCUT2D eigenvalue weighted by atomic mass is 10.1. The van der Waals surface area contributed by atoms with Gasteiger partial charge >= 0.3 is 0 Å². The van der Waals surface area contributed by atoms with Gasteiger partial charge in [-0.3, -0.25) is 30.2 Å². The molecule has 3 rings (SSSR count). The Bertz CT molecular complexity index is 1040. The van der Waals surface area contributed by atoms with Crippen LogP contribution in [0.3, 0.4) is 0 Å². The highest BCUT2D eigenvalue weighted by molar-refractivity contribution is 6.40. The van der Waals surface area contributed by atoms with E-state index in [1.165, 1.54) is 18.2 Å². The third-order valence-corrected chi connectivity index (χ3v) is 4.60. The molecule has 10 nitrogen and oxygen atoms in total. The predicted molar refractivity (Wildman–Crippen MR) is 118 cm³/mol. The number of hydrogen-bond donors (Lipinski definition) is 3. The Balaban J connectivity index is 1.67. The van der Waals surface area contributed by atoms with Gasteiger partial charge in [-0.15, -0.1) is 0 Å². The van der Waals surface area contributed by atoms with E-state index in [0.29, 0.717) is 17.2 Å². The highest BCUT2D eigenvalue weighted by atomic mass is 16.5. The zero-order chi connectivity index (χ0) is 23.3. The minimum absolute atomic E-state index is 0.0149. The summed E-state index contributed by atoms with van der Waals surface area (Å²) in [6.45, 7) is 3.76. The van der Waals surface area contributed by atoms with Gasteiger partial charge in [-0.05, 0) is 44.2 Å². The fourth-order valence-electron chi connectivity index (χ4n) is 3.11. The largest absolute Gasteiger partial charge is 0.493 e. The first-order valence-corrected chi connectivity index (χ1v) is 9.96. The van der Waals surface area contributed by atoms with E-state index in [-0.39, 0.29) is 23.8 Å². The van der Waals surface area contributed by atoms with Crippen LogP contribution in [0.5, 0.6) is 11.5 Å². The van der Waals surface area contributed by atoms with Crippen LogP contribution in [0.25, 0.3) is 0 Å². The molecule has 0 bridgehead atoms. The summed E-state index contributed by atoms with van der Waals surface area (Å²) >= 11 is 0. The second-order valence-corrected chi connectivity index (χ2v) is 7.29. The van der Waals surface area contributed by atoms with Crippen molar-refractivity contribution in [2.75, 3.05) is 12.1 Å². The first-order chi connectivity index (χ1) is 15.3. The molecule has 1 unspecified atom stereocenters. The van der Waals surface area contributed by atoms with Crippen molar-refractivity contribution in [2.24, 2.45) is 10.8 Å². The van der Waals surface area contributed by atoms with Crippen LogP contribution in [0, 0.1) is 0 Å². The molecule has 2 aromatic carbocycles. The van der Waals surface area contributed by atoms with Gasteiger partial charge in [-0.25, -0.2) is 0 Å². The van der Waals surface area contributed by atoms with Crippen molar-refractivity contribution < 1.29 is 23.9 Å². The number of nitrogens with one attached hydrogen (secondary N) is 2. The standard InChI is InChI=1S/C22H25N5O5/c1-13(2)32-18-10-9-14(11-19(18)31-3)21(29)24-25-22(30)16-12-17(20(23)28)27(26-16)15-7-5-4-6-8-15/h4-11,13,17H,12H2,1-3H3,(H2,23,28)(H,24,29)(H,25,30). The Morgan fingerprint density at radius 3 is 2.38 bits per heavy atom. The van der Waals surface area contributed by atoms with Crippen LogP contribution >= 0.6 is 0 Å². The minimum Gasteiger partial charge on any atom is -0.493 e. The van der Waals surface area contributed by atoms with Crippen molar-refractivity contribution in [1.82, 2.24) is 10.9 Å². The van der Waals surface area contributed by atoms with Gasteiger partial charge in [0, 0.05) is 12.0 Å². The molecule has 1 atom stereocenters. The number of ether oxygens (including phenoxy) is 2. The molecule has 0 radical (unpaired) electrons. The van der Waals surface area contributed by atoms with Gasteiger partial charge in [-0.2, -0.15) is 5.10 Å². The molecule has 0 aromatic heterocycles. The number of hydrogen-bond acceptors (Lipinski definition) is 7. The zero-order valence-corrected chi connectivity index (χ0v) is 18.0. The monoisotopic (exact) mass is 439 g/mol. The van der Waals surface area contributed by atoms with Crippen LogP contribution in [0.2, 0.25) is 0 Å². The summed E-state index contributed by atoms with van der Waals surface area (Å²) in [6.07, 6.45) is -0.0456. The van der Waals surface area contributed by atoms with Crippen LogP contribution in [0.1, 0.15) is 30.6 Å². The smallest absolute Gasteiger partial charge is 0.285 e. The topological polar surface area (TPSA) is 135 Å². The number of nitrogens with two attached hydrogens (primary N) is 1. The van der Waals surface area contributed by atoms with E-state index in [4.69, 9.17) is 15.2 Å². The molecule has 0 aliphatic carbocycles. The number of carbonyl (C=O) groups excluding carboxylic acids is 3. The second-order valence-electron chi connectivity index (χ2n) is 7.29. The van der Waals surface area contributed by atoms with Gasteiger partial charge in [0.25, 0.3) is 11.8 Å². The minimum atomic E-state index is -0.799. The molecule has 0 saturated heterocycles. The van der Waals surface area contributed by atoms with Gasteiger partial charge in [-0.1, -0.05) is 18.2 Å². The number of hydrazone groups is 1. The molecule has 1 heterocycles. The Kier molecular flexibility index (Phi) is 6.93. The van der Waals surface area contributed by atoms with Crippen LogP contribution in [0.4, 0.5) is 5.69 Å². The number of methoxy groups -OCH3 is 1. The highest BCUT2D eigenvalue weighted by Crippen LogP contribution is 2.29. The molecule has 0 fully saturated rings. The third kappa shape index (κ3) is 5.15. The van der Waals surface area contributed by atoms with E-state index in [1.807, 2.05) is 19.9 Å². The number of rotatable bonds is 7. The van der Waals surface area contributed by atoms with E-state index < -0.39 is 23.8 Å². The van der Waals surface area contributed by atoms with Crippen molar-refractivity contribution in [3.8, 4) is 11.5 Å². The quantitative estimate of drug-likeness (QED) is 0.558. The molecule has 2 aromatic rings. The summed E-state index contributed by atoms with van der Waals surface area (Å²) in [4.78, 5) is 36.9. The maximum Gasteiger partial charge on any atom is 0.285 e. The Labute approximate surface area is 185 Å². The molecule has 0 spiro atoms. The normalized spacial score (nSPS) is 15.2. The average Bonchev–Trinajstić information content (AvgIpc) is 3.24. The number of para-hydroxylation sites is 1. The highest BCUT2D eigenvalue weighted by Gasteiger charge is 2.35. The fraction of sp³-hybridized carbons (Fsp3) is 0.273. The number of primary amides is 1. The van der Waals surface area contributed by atoms with Crippen LogP contribution in [0.15, 0.2) is 53.6 Å². The number of anilines is 1. The van der Waals surface area contributed by atoms with Crippen molar-refractivity contribution in [3.05, 3.63) is 54.1 Å². The zero-order valence-electron chi connectivity index (χ0n) is 18.0. The Morgan fingerprint density at radius 1 is 1.06 bits per heavy atom. The van der Waals surface area contributed by atoms with Gasteiger partial charge in [0.15, 0.2) is 11.5 Å². The maximum atomic E-state index is 12.5. The predicted octanol–water partition coefficient (Wildman–Crippen LogP) is 1.36. The first-order valence-electron chi connectivity index (χ1n) is 9.96. The number of amides is 3. The molecular weight excluding hydrogens is 414 g/mol. The first kappa shape index (κ1) is 22.6. The molecule has 168 valence electrons. The van der Waals surface area contributed by atoms with E-state index in [2.05, 4.69) is 16.0 Å². The molecule has 1 aliphatic rings. The molecule has 1 aliphatic heterocycles. The molecule has 10 heteroatoms. The maximum absolute atomic E-state index is 12.5. The Morgan fingerprint density at radius 2 is 1.75 bits per heavy atom. The van der Waals surface area contributed by atoms with Crippen LogP contribution < -0.4 is 31.1 Å². The lowest BCUT2D eigenvalue weighted by molar-refractivity contribution is -0.119. The molecule has 0 saturated carbocycles. The number of nitrogens with zero attached hydrogens (tertiary/aromatic N) is 2. The van der Waals surface area contributed by atoms with E-state index in [0.717, 1.165) is 0 Å². The van der Waals surface area contributed by atoms with Gasteiger partial charge in [0.2, 0.25) is 5.91 Å². The van der Waals surface area contributed by atoms with Gasteiger partial charge < -0.3 is 15.2 Å². The Hall–Kier alpha value is -4.08. The number of benzene rings is 2. The molecule has 3 amide bonds. The molecule has 4 N–H and O–H groups in total. The van der Waals surface area contributed by atoms with Crippen LogP contribution in [-0.4, -0.2) is 42.7 Å². The van der Waals surface area contributed by atoms with Crippen molar-refractivity contribution in [2.45, 2.75) is 32.4 Å². The van der Waals surface area contributed by atoms with Crippen molar-refractivity contribution >= 4 is 29.1 Å². The fourth-order valence-corrected chi connectivity index (χ4v) is 3.11. The number of hydrazine groups is 1. The molecular formula is C22H25N5O5. The summed E-state index contributed by atoms with van der Waals surface area (Å²) in [5.74, 6) is -0.921. The van der Waals surface area contributed by atoms with Gasteiger partial charge in [0.05, 0.1) is 18.9 Å². The van der Waals surface area contributed by atoms with Gasteiger partial charge in [0.1, 0.15) is 11.8 Å². The summed E-state index contributed by atoms with van der Waals surface area (Å²) in [7, 11) is 1.47. The van der Waals surface area contributed by atoms with Crippen LogP contribution in [-0.2, 0) is 9.59 Å². The summed E-state index contributed by atoms with van der Waals surface area (Å²) < 4.78 is 10.9. The van der Waals surface area contributed by atoms with Crippen molar-refractivity contribution in [1.29, 1.82) is 0 Å². The summed E-state index contributed by atoms with van der Waals surface area (Å²) in [5.41, 5.74) is 11.1. The average molecular weight is 439 g/mol. The van der Waals surface area contributed by atoms with Crippen molar-refractivity contribution in [3.63, 3.8) is 0 Å². The number of carbonyl (C=O) groups is 3. The molecule has 32 heavy (non-hydrogen) atoms.